The lowest BCUT2D eigenvalue weighted by molar-refractivity contribution is -0.119. The van der Waals surface area contributed by atoms with Gasteiger partial charge < -0.3 is 14.5 Å². The Kier molecular flexibility index (Phi) is 3.03. The van der Waals surface area contributed by atoms with Crippen LogP contribution in [0.1, 0.15) is 12.8 Å². The van der Waals surface area contributed by atoms with Crippen molar-refractivity contribution in [1.82, 2.24) is 19.9 Å². The van der Waals surface area contributed by atoms with Crippen molar-refractivity contribution in [2.75, 3.05) is 6.61 Å². The van der Waals surface area contributed by atoms with Crippen LogP contribution in [0.5, 0.6) is 5.88 Å². The summed E-state index contributed by atoms with van der Waals surface area (Å²) in [6.07, 6.45) is 4.68. The lowest BCUT2D eigenvalue weighted by Gasteiger charge is -2.11. The molecule has 0 unspecified atom stereocenters. The second-order valence-electron chi connectivity index (χ2n) is 5.18. The molecule has 1 N–H and O–H groups in total. The standard InChI is InChI=1S/C15H14N4O3/c20-14-5-3-10(17-14)9-22-15-6-4-13-16-8-11(19(13)18-15)12-2-1-7-21-12/h1-2,4,6-8,10H,3,5,9H2,(H,17,20)/t10-/m1/s1. The van der Waals surface area contributed by atoms with Gasteiger partial charge in [-0.1, -0.05) is 0 Å². The summed E-state index contributed by atoms with van der Waals surface area (Å²) in [7, 11) is 0. The van der Waals surface area contributed by atoms with Crippen molar-refractivity contribution in [2.24, 2.45) is 0 Å². The van der Waals surface area contributed by atoms with Gasteiger partial charge >= 0.3 is 0 Å². The number of carbonyl (C=O) groups excluding carboxylic acids is 1. The second kappa shape index (κ2) is 5.18. The van der Waals surface area contributed by atoms with Gasteiger partial charge in [-0.15, -0.1) is 5.10 Å². The zero-order valence-corrected chi connectivity index (χ0v) is 11.7. The van der Waals surface area contributed by atoms with Crippen LogP contribution in [0, 0.1) is 0 Å². The van der Waals surface area contributed by atoms with Crippen LogP contribution in [0.4, 0.5) is 0 Å². The predicted molar refractivity (Wildman–Crippen MR) is 77.3 cm³/mol. The molecule has 7 nitrogen and oxygen atoms in total. The molecular weight excluding hydrogens is 284 g/mol. The minimum Gasteiger partial charge on any atom is -0.474 e. The lowest BCUT2D eigenvalue weighted by Crippen LogP contribution is -2.31. The summed E-state index contributed by atoms with van der Waals surface area (Å²) in [5, 5.41) is 7.29. The summed E-state index contributed by atoms with van der Waals surface area (Å²) in [6.45, 7) is 0.412. The van der Waals surface area contributed by atoms with Crippen LogP contribution in [0.3, 0.4) is 0 Å². The van der Waals surface area contributed by atoms with E-state index in [1.165, 1.54) is 0 Å². The molecule has 7 heteroatoms. The van der Waals surface area contributed by atoms with Crippen molar-refractivity contribution < 1.29 is 13.9 Å². The highest BCUT2D eigenvalue weighted by Gasteiger charge is 2.21. The van der Waals surface area contributed by atoms with E-state index in [9.17, 15) is 4.79 Å². The van der Waals surface area contributed by atoms with Crippen molar-refractivity contribution in [3.8, 4) is 17.3 Å². The van der Waals surface area contributed by atoms with Crippen LogP contribution in [-0.2, 0) is 4.79 Å². The summed E-state index contributed by atoms with van der Waals surface area (Å²) >= 11 is 0. The van der Waals surface area contributed by atoms with Crippen LogP contribution in [-0.4, -0.2) is 33.2 Å². The topological polar surface area (TPSA) is 81.7 Å². The molecule has 0 aromatic carbocycles. The molecule has 112 valence electrons. The zero-order valence-electron chi connectivity index (χ0n) is 11.7. The van der Waals surface area contributed by atoms with Crippen molar-refractivity contribution in [1.29, 1.82) is 0 Å². The third kappa shape index (κ3) is 2.30. The van der Waals surface area contributed by atoms with Gasteiger partial charge in [0.1, 0.15) is 12.3 Å². The monoisotopic (exact) mass is 298 g/mol. The second-order valence-corrected chi connectivity index (χ2v) is 5.18. The Bertz CT molecular complexity index is 809. The summed E-state index contributed by atoms with van der Waals surface area (Å²) in [5.41, 5.74) is 1.48. The van der Waals surface area contributed by atoms with Crippen molar-refractivity contribution in [2.45, 2.75) is 18.9 Å². The molecule has 1 aliphatic heterocycles. The van der Waals surface area contributed by atoms with Gasteiger partial charge in [-0.2, -0.15) is 0 Å². The van der Waals surface area contributed by atoms with Crippen molar-refractivity contribution >= 4 is 11.6 Å². The molecule has 3 aromatic heterocycles. The Labute approximate surface area is 125 Å². The molecule has 4 rings (SSSR count). The number of rotatable bonds is 4. The molecule has 4 heterocycles. The van der Waals surface area contributed by atoms with Gasteiger partial charge in [-0.25, -0.2) is 9.50 Å². The van der Waals surface area contributed by atoms with Crippen molar-refractivity contribution in [3.63, 3.8) is 0 Å². The van der Waals surface area contributed by atoms with E-state index in [2.05, 4.69) is 15.4 Å². The molecule has 1 saturated heterocycles. The molecule has 22 heavy (non-hydrogen) atoms. The molecule has 3 aromatic rings. The first-order valence-corrected chi connectivity index (χ1v) is 7.10. The molecule has 0 radical (unpaired) electrons. The van der Waals surface area contributed by atoms with E-state index in [4.69, 9.17) is 9.15 Å². The number of nitrogens with zero attached hydrogens (tertiary/aromatic N) is 3. The van der Waals surface area contributed by atoms with Gasteiger partial charge in [-0.05, 0) is 24.6 Å². The third-order valence-corrected chi connectivity index (χ3v) is 3.63. The number of hydrogen-bond acceptors (Lipinski definition) is 5. The van der Waals surface area contributed by atoms with Gasteiger partial charge in [0, 0.05) is 12.5 Å². The van der Waals surface area contributed by atoms with Gasteiger partial charge in [0.25, 0.3) is 0 Å². The summed E-state index contributed by atoms with van der Waals surface area (Å²) in [6, 6.07) is 7.33. The highest BCUT2D eigenvalue weighted by Crippen LogP contribution is 2.21. The fourth-order valence-corrected chi connectivity index (χ4v) is 2.51. The van der Waals surface area contributed by atoms with E-state index >= 15 is 0 Å². The number of ether oxygens (including phenoxy) is 1. The number of fused-ring (bicyclic) bond motifs is 1. The largest absolute Gasteiger partial charge is 0.474 e. The predicted octanol–water partition coefficient (Wildman–Crippen LogP) is 1.65. The Hall–Kier alpha value is -2.83. The maximum atomic E-state index is 11.2. The fourth-order valence-electron chi connectivity index (χ4n) is 2.51. The van der Waals surface area contributed by atoms with E-state index in [0.29, 0.717) is 30.3 Å². The van der Waals surface area contributed by atoms with Crippen LogP contribution in [0.2, 0.25) is 0 Å². The number of imidazole rings is 1. The Balaban J connectivity index is 1.57. The van der Waals surface area contributed by atoms with E-state index in [1.807, 2.05) is 18.2 Å². The SMILES string of the molecule is O=C1CC[C@H](COc2ccc3ncc(-c4ccco4)n3n2)N1. The Morgan fingerprint density at radius 3 is 3.14 bits per heavy atom. The van der Waals surface area contributed by atoms with Gasteiger partial charge in [0.05, 0.1) is 18.5 Å². The van der Waals surface area contributed by atoms with Gasteiger partial charge in [-0.3, -0.25) is 4.79 Å². The number of hydrogen-bond donors (Lipinski definition) is 1. The minimum atomic E-state index is 0.0531. The molecule has 1 atom stereocenters. The molecule has 0 aliphatic carbocycles. The number of carbonyl (C=O) groups is 1. The van der Waals surface area contributed by atoms with Gasteiger partial charge in [0.2, 0.25) is 11.8 Å². The minimum absolute atomic E-state index is 0.0531. The Morgan fingerprint density at radius 2 is 2.36 bits per heavy atom. The first-order chi connectivity index (χ1) is 10.8. The number of nitrogens with one attached hydrogen (secondary N) is 1. The van der Waals surface area contributed by atoms with Crippen LogP contribution < -0.4 is 10.1 Å². The zero-order chi connectivity index (χ0) is 14.9. The summed E-state index contributed by atoms with van der Waals surface area (Å²) in [5.74, 6) is 1.26. The first kappa shape index (κ1) is 12.9. The molecule has 0 spiro atoms. The molecule has 1 fully saturated rings. The maximum Gasteiger partial charge on any atom is 0.231 e. The molecule has 1 amide bonds. The van der Waals surface area contributed by atoms with E-state index < -0.39 is 0 Å². The third-order valence-electron chi connectivity index (χ3n) is 3.63. The summed E-state index contributed by atoms with van der Waals surface area (Å²) < 4.78 is 12.8. The van der Waals surface area contributed by atoms with Gasteiger partial charge in [0.15, 0.2) is 11.4 Å². The lowest BCUT2D eigenvalue weighted by atomic mass is 10.2. The Morgan fingerprint density at radius 1 is 1.41 bits per heavy atom. The molecular formula is C15H14N4O3. The van der Waals surface area contributed by atoms with Crippen molar-refractivity contribution in [3.05, 3.63) is 36.7 Å². The fraction of sp³-hybridized carbons (Fsp3) is 0.267. The number of amides is 1. The highest BCUT2D eigenvalue weighted by molar-refractivity contribution is 5.78. The van der Waals surface area contributed by atoms with Crippen LogP contribution in [0.25, 0.3) is 17.1 Å². The highest BCUT2D eigenvalue weighted by atomic mass is 16.5. The summed E-state index contributed by atoms with van der Waals surface area (Å²) in [4.78, 5) is 15.5. The quantitative estimate of drug-likeness (QED) is 0.792. The average Bonchev–Trinajstić information content (AvgIpc) is 3.24. The van der Waals surface area contributed by atoms with E-state index in [1.54, 1.807) is 23.0 Å². The smallest absolute Gasteiger partial charge is 0.231 e. The number of aromatic nitrogens is 3. The van der Waals surface area contributed by atoms with E-state index in [0.717, 1.165) is 12.1 Å². The van der Waals surface area contributed by atoms with Crippen LogP contribution in [0.15, 0.2) is 41.1 Å². The molecule has 1 aliphatic rings. The maximum absolute atomic E-state index is 11.2. The first-order valence-electron chi connectivity index (χ1n) is 7.10. The molecule has 0 bridgehead atoms. The van der Waals surface area contributed by atoms with Crippen LogP contribution >= 0.6 is 0 Å². The normalized spacial score (nSPS) is 17.8. The average molecular weight is 298 g/mol. The molecule has 0 saturated carbocycles. The number of furan rings is 1. The van der Waals surface area contributed by atoms with E-state index in [-0.39, 0.29) is 11.9 Å².